The summed E-state index contributed by atoms with van der Waals surface area (Å²) in [6.45, 7) is 0. The minimum absolute atomic E-state index is 0.0349. The number of nitrogens with two attached hydrogens (primary N) is 2. The van der Waals surface area contributed by atoms with E-state index in [0.29, 0.717) is 11.3 Å². The Labute approximate surface area is 127 Å². The summed E-state index contributed by atoms with van der Waals surface area (Å²) in [4.78, 5) is 19.9. The van der Waals surface area contributed by atoms with E-state index in [1.807, 2.05) is 0 Å². The van der Waals surface area contributed by atoms with Crippen LogP contribution in [0.4, 0.5) is 14.5 Å². The number of pyridine rings is 2. The van der Waals surface area contributed by atoms with Gasteiger partial charge in [0.15, 0.2) is 0 Å². The summed E-state index contributed by atoms with van der Waals surface area (Å²) in [5.74, 6) is -0.761. The maximum Gasteiger partial charge on any atom is 0.264 e. The fraction of sp³-hybridized carbons (Fsp3) is 0.0714. The van der Waals surface area contributed by atoms with Crippen LogP contribution in [0, 0.1) is 0 Å². The van der Waals surface area contributed by atoms with Crippen LogP contribution < -0.4 is 11.5 Å². The molecule has 0 saturated heterocycles. The highest BCUT2D eigenvalue weighted by Gasteiger charge is 2.23. The number of hydrogen-bond acceptors (Lipinski definition) is 5. The number of fused-ring (bicyclic) bond motifs is 1. The standard InChI is InChI=1S/C14H10F2N4OS/c15-12(16)7-4-8(6-2-1-3-19-5-6)20-14-9(7)10(17)11(22-14)13(18)21/h1-5,12H,17H2,(H2,18,21). The lowest BCUT2D eigenvalue weighted by Crippen LogP contribution is -2.10. The van der Waals surface area contributed by atoms with Crippen molar-refractivity contribution in [2.24, 2.45) is 5.73 Å². The number of carbonyl (C=O) groups excluding carboxylic acids is 1. The Hall–Kier alpha value is -2.61. The zero-order chi connectivity index (χ0) is 15.9. The van der Waals surface area contributed by atoms with E-state index in [-0.39, 0.29) is 26.3 Å². The average molecular weight is 320 g/mol. The summed E-state index contributed by atoms with van der Waals surface area (Å²) in [6, 6.07) is 4.65. The highest BCUT2D eigenvalue weighted by Crippen LogP contribution is 2.40. The maximum atomic E-state index is 13.4. The maximum absolute atomic E-state index is 13.4. The molecule has 3 rings (SSSR count). The SMILES string of the molecule is NC(=O)c1sc2nc(-c3cccnc3)cc(C(F)F)c2c1N. The van der Waals surface area contributed by atoms with Crippen molar-refractivity contribution >= 4 is 33.1 Å². The molecule has 0 atom stereocenters. The molecule has 8 heteroatoms. The number of alkyl halides is 2. The van der Waals surface area contributed by atoms with Gasteiger partial charge in [-0.3, -0.25) is 9.78 Å². The van der Waals surface area contributed by atoms with Gasteiger partial charge in [0.1, 0.15) is 9.71 Å². The monoisotopic (exact) mass is 320 g/mol. The number of primary amides is 1. The van der Waals surface area contributed by atoms with E-state index >= 15 is 0 Å². The Morgan fingerprint density at radius 2 is 2.14 bits per heavy atom. The fourth-order valence-corrected chi connectivity index (χ4v) is 3.15. The Bertz CT molecular complexity index is 864. The zero-order valence-corrected chi connectivity index (χ0v) is 11.9. The van der Waals surface area contributed by atoms with Gasteiger partial charge < -0.3 is 11.5 Å². The van der Waals surface area contributed by atoms with Crippen molar-refractivity contribution in [3.63, 3.8) is 0 Å². The van der Waals surface area contributed by atoms with Gasteiger partial charge in [0, 0.05) is 28.9 Å². The van der Waals surface area contributed by atoms with Crippen molar-refractivity contribution in [1.29, 1.82) is 0 Å². The number of thiophene rings is 1. The lowest BCUT2D eigenvalue weighted by atomic mass is 10.1. The Morgan fingerprint density at radius 3 is 2.73 bits per heavy atom. The van der Waals surface area contributed by atoms with E-state index in [9.17, 15) is 13.6 Å². The van der Waals surface area contributed by atoms with Gasteiger partial charge in [0.05, 0.1) is 11.4 Å². The topological polar surface area (TPSA) is 94.9 Å². The second kappa shape index (κ2) is 5.30. The van der Waals surface area contributed by atoms with E-state index in [1.54, 1.807) is 18.3 Å². The minimum atomic E-state index is -2.75. The van der Waals surface area contributed by atoms with Gasteiger partial charge in [0.25, 0.3) is 12.3 Å². The van der Waals surface area contributed by atoms with E-state index in [0.717, 1.165) is 11.3 Å². The molecule has 0 spiro atoms. The molecule has 0 aliphatic rings. The first kappa shape index (κ1) is 14.3. The van der Waals surface area contributed by atoms with Gasteiger partial charge >= 0.3 is 0 Å². The van der Waals surface area contributed by atoms with Crippen LogP contribution in [0.25, 0.3) is 21.5 Å². The smallest absolute Gasteiger partial charge is 0.264 e. The fourth-order valence-electron chi connectivity index (χ4n) is 2.17. The van der Waals surface area contributed by atoms with Crippen molar-refractivity contribution in [1.82, 2.24) is 9.97 Å². The van der Waals surface area contributed by atoms with Crippen molar-refractivity contribution < 1.29 is 13.6 Å². The van der Waals surface area contributed by atoms with Gasteiger partial charge in [-0.1, -0.05) is 0 Å². The summed E-state index contributed by atoms with van der Waals surface area (Å²) in [6.07, 6.45) is 0.346. The molecular formula is C14H10F2N4OS. The van der Waals surface area contributed by atoms with E-state index < -0.39 is 12.3 Å². The summed E-state index contributed by atoms with van der Waals surface area (Å²) in [5, 5.41) is 0.0847. The van der Waals surface area contributed by atoms with Gasteiger partial charge in [-0.05, 0) is 18.2 Å². The lowest BCUT2D eigenvalue weighted by Gasteiger charge is -2.07. The molecule has 3 heterocycles. The average Bonchev–Trinajstić information content (AvgIpc) is 2.84. The molecule has 4 N–H and O–H groups in total. The minimum Gasteiger partial charge on any atom is -0.397 e. The first-order chi connectivity index (χ1) is 10.5. The predicted molar refractivity (Wildman–Crippen MR) is 80.7 cm³/mol. The van der Waals surface area contributed by atoms with Gasteiger partial charge in [-0.15, -0.1) is 11.3 Å². The van der Waals surface area contributed by atoms with Crippen LogP contribution >= 0.6 is 11.3 Å². The Morgan fingerprint density at radius 1 is 1.36 bits per heavy atom. The highest BCUT2D eigenvalue weighted by atomic mass is 32.1. The lowest BCUT2D eigenvalue weighted by molar-refractivity contribution is 0.100. The van der Waals surface area contributed by atoms with Crippen LogP contribution in [-0.4, -0.2) is 15.9 Å². The van der Waals surface area contributed by atoms with E-state index in [1.165, 1.54) is 12.3 Å². The highest BCUT2D eigenvalue weighted by molar-refractivity contribution is 7.21. The number of carbonyl (C=O) groups is 1. The molecule has 0 aromatic carbocycles. The van der Waals surface area contributed by atoms with Gasteiger partial charge in [-0.25, -0.2) is 13.8 Å². The normalized spacial score (nSPS) is 11.2. The number of nitrogens with zero attached hydrogens (tertiary/aromatic N) is 2. The number of aromatic nitrogens is 2. The molecule has 3 aromatic heterocycles. The van der Waals surface area contributed by atoms with Crippen molar-refractivity contribution in [3.05, 3.63) is 41.0 Å². The molecule has 0 saturated carbocycles. The molecule has 0 bridgehead atoms. The van der Waals surface area contributed by atoms with Gasteiger partial charge in [0.2, 0.25) is 0 Å². The molecule has 0 unspecified atom stereocenters. The summed E-state index contributed by atoms with van der Waals surface area (Å²) in [5.41, 5.74) is 11.6. The molecule has 0 radical (unpaired) electrons. The van der Waals surface area contributed by atoms with Crippen LogP contribution in [0.1, 0.15) is 21.7 Å². The number of anilines is 1. The third-order valence-electron chi connectivity index (χ3n) is 3.15. The van der Waals surface area contributed by atoms with Crippen LogP contribution in [0.2, 0.25) is 0 Å². The molecular weight excluding hydrogens is 310 g/mol. The predicted octanol–water partition coefficient (Wildman–Crippen LogP) is 2.98. The van der Waals surface area contributed by atoms with Crippen LogP contribution in [0.5, 0.6) is 0 Å². The number of amides is 1. The second-order valence-electron chi connectivity index (χ2n) is 4.53. The molecule has 5 nitrogen and oxygen atoms in total. The second-order valence-corrected chi connectivity index (χ2v) is 5.53. The van der Waals surface area contributed by atoms with Crippen LogP contribution in [0.15, 0.2) is 30.6 Å². The number of hydrogen-bond donors (Lipinski definition) is 2. The summed E-state index contributed by atoms with van der Waals surface area (Å²) in [7, 11) is 0. The number of halogens is 2. The largest absolute Gasteiger partial charge is 0.397 e. The van der Waals surface area contributed by atoms with Crippen LogP contribution in [-0.2, 0) is 0 Å². The van der Waals surface area contributed by atoms with E-state index in [4.69, 9.17) is 11.5 Å². The molecule has 0 aliphatic heterocycles. The first-order valence-electron chi connectivity index (χ1n) is 6.20. The van der Waals surface area contributed by atoms with E-state index in [2.05, 4.69) is 9.97 Å². The first-order valence-corrected chi connectivity index (χ1v) is 7.02. The summed E-state index contributed by atoms with van der Waals surface area (Å²) >= 11 is 0.908. The molecule has 112 valence electrons. The Kier molecular flexibility index (Phi) is 3.45. The molecule has 0 fully saturated rings. The number of nitrogen functional groups attached to an aromatic ring is 1. The molecule has 0 aliphatic carbocycles. The molecule has 3 aromatic rings. The quantitative estimate of drug-likeness (QED) is 0.775. The third kappa shape index (κ3) is 2.27. The van der Waals surface area contributed by atoms with Crippen molar-refractivity contribution in [2.45, 2.75) is 6.43 Å². The van der Waals surface area contributed by atoms with Crippen molar-refractivity contribution in [3.8, 4) is 11.3 Å². The number of rotatable bonds is 3. The van der Waals surface area contributed by atoms with Crippen LogP contribution in [0.3, 0.4) is 0 Å². The summed E-state index contributed by atoms with van der Waals surface area (Å²) < 4.78 is 26.7. The van der Waals surface area contributed by atoms with Gasteiger partial charge in [-0.2, -0.15) is 0 Å². The zero-order valence-electron chi connectivity index (χ0n) is 11.1. The molecule has 22 heavy (non-hydrogen) atoms. The van der Waals surface area contributed by atoms with Crippen molar-refractivity contribution in [2.75, 3.05) is 5.73 Å². The molecule has 1 amide bonds. The Balaban J connectivity index is 2.33. The third-order valence-corrected chi connectivity index (χ3v) is 4.26.